The topological polar surface area (TPSA) is 56.2 Å². The lowest BCUT2D eigenvalue weighted by atomic mass is 10.1. The third kappa shape index (κ3) is 1.67. The number of carbonyl (C=O) groups is 1. The molecule has 0 amide bonds. The third-order valence-corrected chi connectivity index (χ3v) is 2.06. The van der Waals surface area contributed by atoms with Gasteiger partial charge in [0.25, 0.3) is 0 Å². The maximum absolute atomic E-state index is 13.4. The molecule has 0 spiro atoms. The van der Waals surface area contributed by atoms with Crippen molar-refractivity contribution in [1.82, 2.24) is 0 Å². The fourth-order valence-electron chi connectivity index (χ4n) is 1.35. The highest BCUT2D eigenvalue weighted by atomic mass is 19.2. The van der Waals surface area contributed by atoms with Crippen LogP contribution < -0.4 is 5.73 Å². The van der Waals surface area contributed by atoms with E-state index in [9.17, 15) is 13.6 Å². The molecule has 0 aliphatic rings. The molecule has 0 bridgehead atoms. The molecule has 0 fully saturated rings. The van der Waals surface area contributed by atoms with Crippen molar-refractivity contribution in [2.75, 3.05) is 5.73 Å². The minimum atomic E-state index is -1.06. The third-order valence-electron chi connectivity index (χ3n) is 2.06. The molecule has 1 aromatic carbocycles. The zero-order valence-electron chi connectivity index (χ0n) is 8.04. The summed E-state index contributed by atoms with van der Waals surface area (Å²) in [6, 6.07) is 4.86. The van der Waals surface area contributed by atoms with Crippen molar-refractivity contribution >= 4 is 12.0 Å². The van der Waals surface area contributed by atoms with Gasteiger partial charge in [-0.25, -0.2) is 8.78 Å². The molecule has 82 valence electrons. The second-order valence-corrected chi connectivity index (χ2v) is 3.18. The van der Waals surface area contributed by atoms with E-state index in [4.69, 9.17) is 10.2 Å². The van der Waals surface area contributed by atoms with E-state index < -0.39 is 11.6 Å². The molecule has 0 atom stereocenters. The Labute approximate surface area is 89.5 Å². The van der Waals surface area contributed by atoms with Crippen molar-refractivity contribution in [3.63, 3.8) is 0 Å². The molecule has 0 aliphatic heterocycles. The van der Waals surface area contributed by atoms with Crippen LogP contribution in [-0.2, 0) is 0 Å². The van der Waals surface area contributed by atoms with Crippen LogP contribution in [0.1, 0.15) is 10.6 Å². The quantitative estimate of drug-likeness (QED) is 0.628. The van der Waals surface area contributed by atoms with Crippen LogP contribution >= 0.6 is 0 Å². The van der Waals surface area contributed by atoms with Gasteiger partial charge in [0, 0.05) is 5.69 Å². The summed E-state index contributed by atoms with van der Waals surface area (Å²) in [4.78, 5) is 10.4. The Balaban J connectivity index is 2.58. The van der Waals surface area contributed by atoms with Crippen LogP contribution in [0.4, 0.5) is 14.5 Å². The highest BCUT2D eigenvalue weighted by molar-refractivity contribution is 5.73. The highest BCUT2D eigenvalue weighted by Gasteiger charge is 2.14. The molecular formula is C11H7F2NO2. The minimum Gasteiger partial charge on any atom is -0.453 e. The van der Waals surface area contributed by atoms with Crippen molar-refractivity contribution < 1.29 is 18.0 Å². The fraction of sp³-hybridized carbons (Fsp3) is 0. The zero-order valence-corrected chi connectivity index (χ0v) is 8.04. The number of hydrogen-bond donors (Lipinski definition) is 1. The predicted octanol–water partition coefficient (Wildman–Crippen LogP) is 2.62. The summed E-state index contributed by atoms with van der Waals surface area (Å²) in [6.07, 6.45) is 0.476. The van der Waals surface area contributed by atoms with Gasteiger partial charge in [-0.3, -0.25) is 4.79 Å². The first kappa shape index (κ1) is 10.4. The molecule has 1 aromatic heterocycles. The second kappa shape index (κ2) is 3.77. The van der Waals surface area contributed by atoms with Gasteiger partial charge in [0.2, 0.25) is 0 Å². The lowest BCUT2D eigenvalue weighted by molar-refractivity contribution is 0.110. The monoisotopic (exact) mass is 223 g/mol. The summed E-state index contributed by atoms with van der Waals surface area (Å²) >= 11 is 0. The number of rotatable bonds is 2. The van der Waals surface area contributed by atoms with E-state index in [1.165, 1.54) is 18.2 Å². The Kier molecular flexibility index (Phi) is 2.44. The van der Waals surface area contributed by atoms with E-state index in [1.807, 2.05) is 0 Å². The van der Waals surface area contributed by atoms with E-state index in [0.717, 1.165) is 6.07 Å². The minimum absolute atomic E-state index is 0.0391. The molecule has 0 unspecified atom stereocenters. The highest BCUT2D eigenvalue weighted by Crippen LogP contribution is 2.28. The Hall–Kier alpha value is -2.17. The normalized spacial score (nSPS) is 10.4. The van der Waals surface area contributed by atoms with Crippen molar-refractivity contribution in [3.8, 4) is 11.3 Å². The van der Waals surface area contributed by atoms with Crippen LogP contribution in [0.25, 0.3) is 11.3 Å². The number of aldehydes is 1. The number of benzene rings is 1. The van der Waals surface area contributed by atoms with Crippen molar-refractivity contribution in [1.29, 1.82) is 0 Å². The molecule has 0 aliphatic carbocycles. The van der Waals surface area contributed by atoms with Crippen LogP contribution in [0.2, 0.25) is 0 Å². The molecule has 0 saturated heterocycles. The number of hydrogen-bond acceptors (Lipinski definition) is 3. The molecule has 1 heterocycles. The van der Waals surface area contributed by atoms with Crippen molar-refractivity contribution in [2.45, 2.75) is 0 Å². The number of halogens is 2. The van der Waals surface area contributed by atoms with Gasteiger partial charge in [-0.1, -0.05) is 0 Å². The second-order valence-electron chi connectivity index (χ2n) is 3.18. The van der Waals surface area contributed by atoms with Crippen molar-refractivity contribution in [2.24, 2.45) is 0 Å². The fourth-order valence-corrected chi connectivity index (χ4v) is 1.35. The smallest absolute Gasteiger partial charge is 0.185 e. The first-order valence-electron chi connectivity index (χ1n) is 4.41. The number of nitrogen functional groups attached to an aromatic ring is 1. The molecule has 0 saturated carbocycles. The van der Waals surface area contributed by atoms with E-state index in [1.54, 1.807) is 0 Å². The van der Waals surface area contributed by atoms with Crippen LogP contribution in [0.5, 0.6) is 0 Å². The van der Waals surface area contributed by atoms with Gasteiger partial charge < -0.3 is 10.2 Å². The van der Waals surface area contributed by atoms with Crippen LogP contribution in [0.3, 0.4) is 0 Å². The molecular weight excluding hydrogens is 216 g/mol. The Bertz CT molecular complexity index is 549. The van der Waals surface area contributed by atoms with Gasteiger partial charge in [-0.15, -0.1) is 0 Å². The van der Waals surface area contributed by atoms with Gasteiger partial charge in [0.1, 0.15) is 5.76 Å². The number of anilines is 1. The average molecular weight is 223 g/mol. The summed E-state index contributed by atoms with van der Waals surface area (Å²) < 4.78 is 31.4. The van der Waals surface area contributed by atoms with Crippen molar-refractivity contribution in [3.05, 3.63) is 41.7 Å². The SMILES string of the molecule is Nc1cc(F)c(F)c(-c2ccc(C=O)o2)c1. The molecule has 2 aromatic rings. The molecule has 2 N–H and O–H groups in total. The standard InChI is InChI=1S/C11H7F2NO2/c12-9-4-6(14)3-8(11(9)13)10-2-1-7(5-15)16-10/h1-5H,14H2. The summed E-state index contributed by atoms with van der Waals surface area (Å²) in [5.74, 6) is -2.01. The van der Waals surface area contributed by atoms with E-state index >= 15 is 0 Å². The van der Waals surface area contributed by atoms with Gasteiger partial charge in [-0.2, -0.15) is 0 Å². The lowest BCUT2D eigenvalue weighted by Crippen LogP contribution is -1.93. The van der Waals surface area contributed by atoms with Crippen LogP contribution in [-0.4, -0.2) is 6.29 Å². The van der Waals surface area contributed by atoms with E-state index in [2.05, 4.69) is 0 Å². The first-order valence-corrected chi connectivity index (χ1v) is 4.41. The van der Waals surface area contributed by atoms with Gasteiger partial charge in [0.05, 0.1) is 5.56 Å². The average Bonchev–Trinajstić information content (AvgIpc) is 2.71. The zero-order chi connectivity index (χ0) is 11.7. The van der Waals surface area contributed by atoms with Gasteiger partial charge in [-0.05, 0) is 24.3 Å². The Morgan fingerprint density at radius 3 is 2.62 bits per heavy atom. The van der Waals surface area contributed by atoms with E-state index in [-0.39, 0.29) is 22.8 Å². The summed E-state index contributed by atoms with van der Waals surface area (Å²) in [6.45, 7) is 0. The predicted molar refractivity (Wildman–Crippen MR) is 53.9 cm³/mol. The summed E-state index contributed by atoms with van der Waals surface area (Å²) in [5.41, 5.74) is 5.36. The van der Waals surface area contributed by atoms with Crippen LogP contribution in [0.15, 0.2) is 28.7 Å². The maximum Gasteiger partial charge on any atom is 0.185 e. The largest absolute Gasteiger partial charge is 0.453 e. The van der Waals surface area contributed by atoms with Gasteiger partial charge in [0.15, 0.2) is 23.7 Å². The van der Waals surface area contributed by atoms with Crippen LogP contribution in [0, 0.1) is 11.6 Å². The molecule has 16 heavy (non-hydrogen) atoms. The summed E-state index contributed by atoms with van der Waals surface area (Å²) in [7, 11) is 0. The molecule has 3 nitrogen and oxygen atoms in total. The number of furan rings is 1. The molecule has 0 radical (unpaired) electrons. The maximum atomic E-state index is 13.4. The number of carbonyl (C=O) groups excluding carboxylic acids is 1. The Morgan fingerprint density at radius 1 is 1.25 bits per heavy atom. The lowest BCUT2D eigenvalue weighted by Gasteiger charge is -2.02. The molecule has 5 heteroatoms. The molecule has 2 rings (SSSR count). The van der Waals surface area contributed by atoms with Gasteiger partial charge >= 0.3 is 0 Å². The summed E-state index contributed by atoms with van der Waals surface area (Å²) in [5, 5.41) is 0. The first-order chi connectivity index (χ1) is 7.61. The Morgan fingerprint density at radius 2 is 2.00 bits per heavy atom. The number of nitrogens with two attached hydrogens (primary N) is 1. The van der Waals surface area contributed by atoms with E-state index in [0.29, 0.717) is 6.29 Å².